The van der Waals surface area contributed by atoms with Crippen molar-refractivity contribution in [3.8, 4) is 0 Å². The number of unbranched alkanes of at least 4 members (excludes halogenated alkanes) is 1. The van der Waals surface area contributed by atoms with Crippen LogP contribution in [0.4, 0.5) is 0 Å². The summed E-state index contributed by atoms with van der Waals surface area (Å²) in [6.07, 6.45) is 1.58. The summed E-state index contributed by atoms with van der Waals surface area (Å²) >= 11 is 0. The summed E-state index contributed by atoms with van der Waals surface area (Å²) in [4.78, 5) is 14.3. The molecule has 5 nitrogen and oxygen atoms in total. The molecule has 3 N–H and O–H groups in total. The number of aliphatic hydroxyl groups is 1. The van der Waals surface area contributed by atoms with Crippen LogP contribution < -0.4 is 10.6 Å². The predicted octanol–water partition coefficient (Wildman–Crippen LogP) is -0.441. The molecule has 1 aliphatic rings. The van der Waals surface area contributed by atoms with Crippen molar-refractivity contribution in [1.29, 1.82) is 0 Å². The molecule has 5 heteroatoms. The Labute approximate surface area is 104 Å². The van der Waals surface area contributed by atoms with Gasteiger partial charge in [-0.2, -0.15) is 0 Å². The molecule has 0 aliphatic carbocycles. The first-order chi connectivity index (χ1) is 8.09. The number of rotatable bonds is 6. The van der Waals surface area contributed by atoms with Crippen LogP contribution >= 0.6 is 0 Å². The van der Waals surface area contributed by atoms with Crippen LogP contribution in [0.5, 0.6) is 0 Å². The van der Waals surface area contributed by atoms with Gasteiger partial charge in [0, 0.05) is 39.3 Å². The van der Waals surface area contributed by atoms with Crippen molar-refractivity contribution in [2.75, 3.05) is 39.3 Å². The van der Waals surface area contributed by atoms with Crippen LogP contribution in [0.15, 0.2) is 0 Å². The van der Waals surface area contributed by atoms with Crippen molar-refractivity contribution in [2.45, 2.75) is 32.2 Å². The molecule has 0 radical (unpaired) electrons. The van der Waals surface area contributed by atoms with E-state index in [1.807, 2.05) is 13.8 Å². The lowest BCUT2D eigenvalue weighted by Crippen LogP contribution is -2.60. The smallest absolute Gasteiger partial charge is 0.239 e. The minimum atomic E-state index is -0.443. The molecule has 0 saturated carbocycles. The molecule has 0 atom stereocenters. The monoisotopic (exact) mass is 243 g/mol. The van der Waals surface area contributed by atoms with Crippen LogP contribution in [0.2, 0.25) is 0 Å². The van der Waals surface area contributed by atoms with E-state index < -0.39 is 5.54 Å². The first kappa shape index (κ1) is 14.4. The Kier molecular flexibility index (Phi) is 5.88. The van der Waals surface area contributed by atoms with E-state index in [1.165, 1.54) is 0 Å². The average Bonchev–Trinajstić information content (AvgIpc) is 2.35. The first-order valence-electron chi connectivity index (χ1n) is 6.44. The van der Waals surface area contributed by atoms with Gasteiger partial charge < -0.3 is 15.7 Å². The molecule has 1 saturated heterocycles. The normalized spacial score (nSPS) is 18.1. The van der Waals surface area contributed by atoms with Crippen molar-refractivity contribution < 1.29 is 9.90 Å². The van der Waals surface area contributed by atoms with Crippen molar-refractivity contribution in [2.24, 2.45) is 0 Å². The van der Waals surface area contributed by atoms with Gasteiger partial charge in [-0.15, -0.1) is 0 Å². The molecule has 1 fully saturated rings. The van der Waals surface area contributed by atoms with Crippen LogP contribution in [0, 0.1) is 0 Å². The van der Waals surface area contributed by atoms with E-state index in [4.69, 9.17) is 5.11 Å². The van der Waals surface area contributed by atoms with E-state index in [-0.39, 0.29) is 12.5 Å². The largest absolute Gasteiger partial charge is 0.396 e. The lowest BCUT2D eigenvalue weighted by atomic mass is 10.0. The maximum atomic E-state index is 12.1. The van der Waals surface area contributed by atoms with Gasteiger partial charge in [-0.1, -0.05) is 0 Å². The molecule has 0 aromatic heterocycles. The molecule has 1 amide bonds. The van der Waals surface area contributed by atoms with Crippen LogP contribution in [0.25, 0.3) is 0 Å². The second-order valence-corrected chi connectivity index (χ2v) is 4.98. The zero-order chi connectivity index (χ0) is 12.7. The molecule has 0 spiro atoms. The maximum Gasteiger partial charge on any atom is 0.239 e. The Bertz CT molecular complexity index is 238. The Hall–Kier alpha value is -0.650. The number of amides is 1. The molecule has 0 aromatic rings. The van der Waals surface area contributed by atoms with Crippen molar-refractivity contribution in [1.82, 2.24) is 15.5 Å². The lowest BCUT2D eigenvalue weighted by molar-refractivity contribution is -0.132. The fourth-order valence-electron chi connectivity index (χ4n) is 2.02. The number of nitrogens with zero attached hydrogens (tertiary/aromatic N) is 1. The van der Waals surface area contributed by atoms with E-state index in [9.17, 15) is 4.79 Å². The van der Waals surface area contributed by atoms with Gasteiger partial charge in [0.2, 0.25) is 5.91 Å². The minimum Gasteiger partial charge on any atom is -0.396 e. The number of hydrogen-bond acceptors (Lipinski definition) is 4. The van der Waals surface area contributed by atoms with Crippen LogP contribution in [-0.4, -0.2) is 60.8 Å². The lowest BCUT2D eigenvalue weighted by Gasteiger charge is -2.39. The molecular weight excluding hydrogens is 218 g/mol. The van der Waals surface area contributed by atoms with E-state index >= 15 is 0 Å². The Morgan fingerprint density at radius 2 is 2.00 bits per heavy atom. The summed E-state index contributed by atoms with van der Waals surface area (Å²) in [5.74, 6) is 0.0809. The first-order valence-corrected chi connectivity index (χ1v) is 6.44. The number of aliphatic hydroxyl groups excluding tert-OH is 1. The summed E-state index contributed by atoms with van der Waals surface area (Å²) in [5.41, 5.74) is -0.443. The molecule has 0 bridgehead atoms. The van der Waals surface area contributed by atoms with E-state index in [0.29, 0.717) is 6.54 Å². The van der Waals surface area contributed by atoms with Gasteiger partial charge in [0.25, 0.3) is 0 Å². The second-order valence-electron chi connectivity index (χ2n) is 4.98. The highest BCUT2D eigenvalue weighted by Crippen LogP contribution is 2.15. The summed E-state index contributed by atoms with van der Waals surface area (Å²) in [6, 6.07) is 0. The number of carbonyl (C=O) groups excluding carboxylic acids is 1. The molecular formula is C12H25N3O2. The molecule has 100 valence electrons. The van der Waals surface area contributed by atoms with Crippen molar-refractivity contribution in [3.05, 3.63) is 0 Å². The number of piperazine rings is 1. The highest BCUT2D eigenvalue weighted by molar-refractivity contribution is 5.85. The SMILES string of the molecule is CC(C)(C(=O)NCCCCO)N1CCNCC1. The van der Waals surface area contributed by atoms with Crippen LogP contribution in [-0.2, 0) is 4.79 Å². The molecule has 0 aromatic carbocycles. The van der Waals surface area contributed by atoms with E-state index in [0.717, 1.165) is 39.0 Å². The third kappa shape index (κ3) is 4.26. The Morgan fingerprint density at radius 1 is 1.35 bits per heavy atom. The fraction of sp³-hybridized carbons (Fsp3) is 0.917. The third-order valence-electron chi connectivity index (χ3n) is 3.33. The summed E-state index contributed by atoms with van der Waals surface area (Å²) in [5, 5.41) is 14.9. The van der Waals surface area contributed by atoms with Gasteiger partial charge in [0.1, 0.15) is 0 Å². The van der Waals surface area contributed by atoms with Gasteiger partial charge >= 0.3 is 0 Å². The topological polar surface area (TPSA) is 64.6 Å². The Balaban J connectivity index is 2.36. The summed E-state index contributed by atoms with van der Waals surface area (Å²) < 4.78 is 0. The van der Waals surface area contributed by atoms with Gasteiger partial charge in [0.05, 0.1) is 5.54 Å². The highest BCUT2D eigenvalue weighted by Gasteiger charge is 2.34. The number of carbonyl (C=O) groups is 1. The van der Waals surface area contributed by atoms with Crippen molar-refractivity contribution >= 4 is 5.91 Å². The zero-order valence-corrected chi connectivity index (χ0v) is 11.0. The van der Waals surface area contributed by atoms with E-state index in [1.54, 1.807) is 0 Å². The molecule has 0 unspecified atom stereocenters. The van der Waals surface area contributed by atoms with Gasteiger partial charge in [-0.3, -0.25) is 9.69 Å². The van der Waals surface area contributed by atoms with Crippen molar-refractivity contribution in [3.63, 3.8) is 0 Å². The minimum absolute atomic E-state index is 0.0809. The van der Waals surface area contributed by atoms with Gasteiger partial charge in [0.15, 0.2) is 0 Å². The molecule has 1 heterocycles. The average molecular weight is 243 g/mol. The second kappa shape index (κ2) is 6.93. The quantitative estimate of drug-likeness (QED) is 0.553. The maximum absolute atomic E-state index is 12.1. The van der Waals surface area contributed by atoms with Crippen LogP contribution in [0.1, 0.15) is 26.7 Å². The van der Waals surface area contributed by atoms with Gasteiger partial charge in [-0.25, -0.2) is 0 Å². The summed E-state index contributed by atoms with van der Waals surface area (Å²) in [7, 11) is 0. The number of nitrogens with one attached hydrogen (secondary N) is 2. The predicted molar refractivity (Wildman–Crippen MR) is 67.9 cm³/mol. The van der Waals surface area contributed by atoms with Crippen LogP contribution in [0.3, 0.4) is 0 Å². The highest BCUT2D eigenvalue weighted by atomic mass is 16.2. The fourth-order valence-corrected chi connectivity index (χ4v) is 2.02. The standard InChI is InChI=1S/C12H25N3O2/c1-12(2,15-8-6-13-7-9-15)11(17)14-5-3-4-10-16/h13,16H,3-10H2,1-2H3,(H,14,17). The number of hydrogen-bond donors (Lipinski definition) is 3. The summed E-state index contributed by atoms with van der Waals surface area (Å²) in [6.45, 7) is 8.50. The molecule has 1 rings (SSSR count). The van der Waals surface area contributed by atoms with E-state index in [2.05, 4.69) is 15.5 Å². The molecule has 1 aliphatic heterocycles. The van der Waals surface area contributed by atoms with Gasteiger partial charge in [-0.05, 0) is 26.7 Å². The third-order valence-corrected chi connectivity index (χ3v) is 3.33. The zero-order valence-electron chi connectivity index (χ0n) is 11.0. The Morgan fingerprint density at radius 3 is 2.59 bits per heavy atom. The molecule has 17 heavy (non-hydrogen) atoms.